The molecule has 0 unspecified atom stereocenters. The summed E-state index contributed by atoms with van der Waals surface area (Å²) in [5, 5.41) is 12.7. The Morgan fingerprint density at radius 1 is 1.17 bits per heavy atom. The molecule has 5 rings (SSSR count). The van der Waals surface area contributed by atoms with E-state index in [1.54, 1.807) is 11.0 Å². The number of carbonyl (C=O) groups is 1. The fourth-order valence-corrected chi connectivity index (χ4v) is 3.79. The van der Waals surface area contributed by atoms with E-state index < -0.39 is 0 Å². The predicted octanol–water partition coefficient (Wildman–Crippen LogP) is 1.70. The number of rotatable bonds is 5. The maximum absolute atomic E-state index is 12.9. The number of nitrogens with zero attached hydrogens (tertiary/aromatic N) is 6. The monoisotopic (exact) mass is 392 g/mol. The fraction of sp³-hybridized carbons (Fsp3) is 0.350. The van der Waals surface area contributed by atoms with E-state index in [2.05, 4.69) is 20.4 Å². The summed E-state index contributed by atoms with van der Waals surface area (Å²) in [6, 6.07) is 11.3. The third kappa shape index (κ3) is 3.63. The summed E-state index contributed by atoms with van der Waals surface area (Å²) < 4.78 is 10.7. The van der Waals surface area contributed by atoms with Crippen molar-refractivity contribution in [2.75, 3.05) is 13.3 Å². The number of hydrogen-bond acceptors (Lipinski definition) is 7. The second-order valence-electron chi connectivity index (χ2n) is 7.13. The highest BCUT2D eigenvalue weighted by atomic mass is 16.7. The van der Waals surface area contributed by atoms with Gasteiger partial charge in [-0.3, -0.25) is 9.78 Å². The summed E-state index contributed by atoms with van der Waals surface area (Å²) in [6.45, 7) is 1.49. The van der Waals surface area contributed by atoms with Gasteiger partial charge in [-0.15, -0.1) is 10.2 Å². The molecule has 0 bridgehead atoms. The molecule has 1 atom stereocenters. The largest absolute Gasteiger partial charge is 0.454 e. The van der Waals surface area contributed by atoms with Crippen LogP contribution in [0.2, 0.25) is 0 Å². The number of carbonyl (C=O) groups excluding carboxylic acids is 1. The quantitative estimate of drug-likeness (QED) is 0.652. The van der Waals surface area contributed by atoms with E-state index in [1.165, 1.54) is 0 Å². The van der Waals surface area contributed by atoms with Gasteiger partial charge < -0.3 is 14.4 Å². The van der Waals surface area contributed by atoms with Crippen LogP contribution in [-0.2, 0) is 17.8 Å². The van der Waals surface area contributed by atoms with E-state index in [0.29, 0.717) is 30.2 Å². The average molecular weight is 392 g/mol. The molecule has 9 nitrogen and oxygen atoms in total. The normalized spacial score (nSPS) is 17.7. The Hall–Kier alpha value is -3.49. The first-order chi connectivity index (χ1) is 14.3. The third-order valence-electron chi connectivity index (χ3n) is 5.21. The van der Waals surface area contributed by atoms with Gasteiger partial charge in [0, 0.05) is 12.7 Å². The van der Waals surface area contributed by atoms with Gasteiger partial charge in [-0.1, -0.05) is 12.1 Å². The zero-order chi connectivity index (χ0) is 19.6. The minimum atomic E-state index is 0.0577. The zero-order valence-electron chi connectivity index (χ0n) is 15.8. The fourth-order valence-electron chi connectivity index (χ4n) is 3.79. The van der Waals surface area contributed by atoms with Crippen molar-refractivity contribution in [1.29, 1.82) is 0 Å². The van der Waals surface area contributed by atoms with Crippen LogP contribution in [0.5, 0.6) is 11.5 Å². The molecular weight excluding hydrogens is 372 g/mol. The van der Waals surface area contributed by atoms with Crippen molar-refractivity contribution in [3.63, 3.8) is 0 Å². The number of ether oxygens (including phenoxy) is 2. The first-order valence-electron chi connectivity index (χ1n) is 9.63. The summed E-state index contributed by atoms with van der Waals surface area (Å²) in [5.74, 6) is 2.00. The second-order valence-corrected chi connectivity index (χ2v) is 7.13. The molecule has 0 aliphatic carbocycles. The van der Waals surface area contributed by atoms with Gasteiger partial charge in [0.05, 0.1) is 19.0 Å². The van der Waals surface area contributed by atoms with E-state index in [-0.39, 0.29) is 18.7 Å². The molecular formula is C20H20N6O3. The molecule has 0 spiro atoms. The van der Waals surface area contributed by atoms with Crippen molar-refractivity contribution < 1.29 is 14.3 Å². The Labute approximate surface area is 167 Å². The molecule has 9 heteroatoms. The van der Waals surface area contributed by atoms with Crippen LogP contribution in [0.25, 0.3) is 11.5 Å². The van der Waals surface area contributed by atoms with Crippen molar-refractivity contribution in [3.05, 3.63) is 48.2 Å². The lowest BCUT2D eigenvalue weighted by Crippen LogP contribution is -2.39. The van der Waals surface area contributed by atoms with Crippen LogP contribution >= 0.6 is 0 Å². The topological polar surface area (TPSA) is 95.3 Å². The maximum Gasteiger partial charge on any atom is 0.231 e. The van der Waals surface area contributed by atoms with Crippen LogP contribution in [0.3, 0.4) is 0 Å². The number of pyridine rings is 1. The molecule has 1 saturated heterocycles. The Kier molecular flexibility index (Phi) is 4.55. The van der Waals surface area contributed by atoms with Gasteiger partial charge in [0.1, 0.15) is 5.69 Å². The molecule has 1 amide bonds. The van der Waals surface area contributed by atoms with Crippen molar-refractivity contribution >= 4 is 5.91 Å². The highest BCUT2D eigenvalue weighted by Gasteiger charge is 2.30. The predicted molar refractivity (Wildman–Crippen MR) is 102 cm³/mol. The molecule has 2 aromatic heterocycles. The first kappa shape index (κ1) is 17.6. The zero-order valence-corrected chi connectivity index (χ0v) is 15.8. The summed E-state index contributed by atoms with van der Waals surface area (Å²) in [4.78, 5) is 20.6. The average Bonchev–Trinajstić information content (AvgIpc) is 3.49. The van der Waals surface area contributed by atoms with Crippen LogP contribution in [0.4, 0.5) is 0 Å². The number of hydrogen-bond donors (Lipinski definition) is 0. The smallest absolute Gasteiger partial charge is 0.231 e. The molecule has 0 N–H and O–H groups in total. The Morgan fingerprint density at radius 2 is 2.10 bits per heavy atom. The standard InChI is InChI=1S/C20H20N6O3/c27-19(11-14-6-7-17-18(10-14)29-13-28-17)25-9-3-4-15(25)12-26-23-20(22-24-26)16-5-1-2-8-21-16/h1-2,5-8,10,15H,3-4,9,11-13H2/t15-/m1/s1. The Bertz CT molecular complexity index is 1020. The van der Waals surface area contributed by atoms with Crippen LogP contribution in [0.15, 0.2) is 42.6 Å². The van der Waals surface area contributed by atoms with E-state index in [4.69, 9.17) is 9.47 Å². The molecule has 3 aromatic rings. The molecule has 4 heterocycles. The van der Waals surface area contributed by atoms with Gasteiger partial charge in [-0.05, 0) is 47.9 Å². The van der Waals surface area contributed by atoms with Gasteiger partial charge in [0.25, 0.3) is 0 Å². The Morgan fingerprint density at radius 3 is 3.00 bits per heavy atom. The summed E-state index contributed by atoms with van der Waals surface area (Å²) in [5.41, 5.74) is 1.60. The van der Waals surface area contributed by atoms with Crippen molar-refractivity contribution in [3.8, 4) is 23.0 Å². The molecule has 2 aliphatic heterocycles. The molecule has 0 saturated carbocycles. The Balaban J connectivity index is 1.25. The van der Waals surface area contributed by atoms with E-state index in [9.17, 15) is 4.79 Å². The van der Waals surface area contributed by atoms with Crippen molar-refractivity contribution in [2.45, 2.75) is 31.8 Å². The van der Waals surface area contributed by atoms with Crippen LogP contribution < -0.4 is 9.47 Å². The number of benzene rings is 1. The minimum Gasteiger partial charge on any atom is -0.454 e. The lowest BCUT2D eigenvalue weighted by Gasteiger charge is -2.24. The van der Waals surface area contributed by atoms with Gasteiger partial charge in [0.15, 0.2) is 11.5 Å². The number of fused-ring (bicyclic) bond motifs is 1. The van der Waals surface area contributed by atoms with E-state index in [0.717, 1.165) is 30.7 Å². The first-order valence-corrected chi connectivity index (χ1v) is 9.63. The number of tetrazole rings is 1. The summed E-state index contributed by atoms with van der Waals surface area (Å²) in [6.07, 6.45) is 3.92. The molecule has 1 fully saturated rings. The maximum atomic E-state index is 12.9. The van der Waals surface area contributed by atoms with E-state index >= 15 is 0 Å². The highest BCUT2D eigenvalue weighted by molar-refractivity contribution is 5.79. The SMILES string of the molecule is O=C(Cc1ccc2c(c1)OCO2)N1CCC[C@@H]1Cn1nnc(-c2ccccn2)n1. The second kappa shape index (κ2) is 7.50. The summed E-state index contributed by atoms with van der Waals surface area (Å²) in [7, 11) is 0. The molecule has 29 heavy (non-hydrogen) atoms. The van der Waals surface area contributed by atoms with Crippen LogP contribution in [0, 0.1) is 0 Å². The number of amides is 1. The molecule has 2 aliphatic rings. The van der Waals surface area contributed by atoms with E-state index in [1.807, 2.05) is 41.3 Å². The molecule has 1 aromatic carbocycles. The molecule has 0 radical (unpaired) electrons. The van der Waals surface area contributed by atoms with Crippen molar-refractivity contribution in [1.82, 2.24) is 30.1 Å². The van der Waals surface area contributed by atoms with Gasteiger partial charge >= 0.3 is 0 Å². The number of likely N-dealkylation sites (tertiary alicyclic amines) is 1. The van der Waals surface area contributed by atoms with Crippen LogP contribution in [0.1, 0.15) is 18.4 Å². The van der Waals surface area contributed by atoms with Gasteiger partial charge in [0.2, 0.25) is 18.5 Å². The van der Waals surface area contributed by atoms with Gasteiger partial charge in [-0.25, -0.2) is 0 Å². The van der Waals surface area contributed by atoms with Crippen LogP contribution in [-0.4, -0.2) is 55.4 Å². The summed E-state index contributed by atoms with van der Waals surface area (Å²) >= 11 is 0. The minimum absolute atomic E-state index is 0.0577. The highest BCUT2D eigenvalue weighted by Crippen LogP contribution is 2.33. The molecule has 148 valence electrons. The third-order valence-corrected chi connectivity index (χ3v) is 5.21. The van der Waals surface area contributed by atoms with Crippen molar-refractivity contribution in [2.24, 2.45) is 0 Å². The number of aromatic nitrogens is 5. The van der Waals surface area contributed by atoms with Gasteiger partial charge in [-0.2, -0.15) is 4.80 Å². The lowest BCUT2D eigenvalue weighted by molar-refractivity contribution is -0.131. The lowest BCUT2D eigenvalue weighted by atomic mass is 10.1.